The molecule has 3 aromatic rings. The number of nitrogens with one attached hydrogen (secondary N) is 1. The van der Waals surface area contributed by atoms with E-state index in [4.69, 9.17) is 9.47 Å². The zero-order chi connectivity index (χ0) is 18.7. The Labute approximate surface area is 151 Å². The van der Waals surface area contributed by atoms with Crippen molar-refractivity contribution in [2.75, 3.05) is 19.5 Å². The van der Waals surface area contributed by atoms with Crippen molar-refractivity contribution in [3.8, 4) is 11.5 Å². The Balaban J connectivity index is 1.88. The molecule has 0 radical (unpaired) electrons. The van der Waals surface area contributed by atoms with Gasteiger partial charge in [0.15, 0.2) is 11.5 Å². The highest BCUT2D eigenvalue weighted by Gasteiger charge is 2.10. The summed E-state index contributed by atoms with van der Waals surface area (Å²) in [5.41, 5.74) is 1.55. The number of anilines is 1. The largest absolute Gasteiger partial charge is 0.493 e. The molecular formula is C19H22N4O3. The van der Waals surface area contributed by atoms with E-state index in [1.807, 2.05) is 32.0 Å². The standard InChI is InChI=1S/C19H22N4O3/c1-12(2)23-17(24)8-6-14-11-21-19(22-18(14)23)20-10-13-5-7-15(25-3)16(9-13)26-4/h5-9,11-12H,10H2,1-4H3,(H,20,21,22). The molecule has 0 bridgehead atoms. The topological polar surface area (TPSA) is 78.3 Å². The molecule has 136 valence electrons. The number of ether oxygens (including phenoxy) is 2. The van der Waals surface area contributed by atoms with Gasteiger partial charge in [0.1, 0.15) is 5.65 Å². The van der Waals surface area contributed by atoms with E-state index < -0.39 is 0 Å². The number of pyridine rings is 1. The van der Waals surface area contributed by atoms with Crippen molar-refractivity contribution >= 4 is 17.0 Å². The SMILES string of the molecule is COc1ccc(CNc2ncc3ccc(=O)n(C(C)C)c3n2)cc1OC. The quantitative estimate of drug-likeness (QED) is 0.733. The average Bonchev–Trinajstić information content (AvgIpc) is 2.65. The van der Waals surface area contributed by atoms with Gasteiger partial charge in [-0.25, -0.2) is 4.98 Å². The van der Waals surface area contributed by atoms with E-state index in [-0.39, 0.29) is 11.6 Å². The number of rotatable bonds is 6. The number of nitrogens with zero attached hydrogens (tertiary/aromatic N) is 3. The molecule has 0 atom stereocenters. The maximum Gasteiger partial charge on any atom is 0.252 e. The van der Waals surface area contributed by atoms with Crippen LogP contribution in [0.4, 0.5) is 5.95 Å². The maximum absolute atomic E-state index is 12.2. The monoisotopic (exact) mass is 354 g/mol. The summed E-state index contributed by atoms with van der Waals surface area (Å²) in [7, 11) is 3.21. The van der Waals surface area contributed by atoms with Crippen molar-refractivity contribution < 1.29 is 9.47 Å². The lowest BCUT2D eigenvalue weighted by molar-refractivity contribution is 0.354. The number of methoxy groups -OCH3 is 2. The van der Waals surface area contributed by atoms with E-state index in [0.717, 1.165) is 10.9 Å². The molecule has 2 aromatic heterocycles. The third kappa shape index (κ3) is 3.46. The van der Waals surface area contributed by atoms with Crippen molar-refractivity contribution in [3.63, 3.8) is 0 Å². The lowest BCUT2D eigenvalue weighted by Crippen LogP contribution is -2.22. The highest BCUT2D eigenvalue weighted by atomic mass is 16.5. The zero-order valence-electron chi connectivity index (χ0n) is 15.3. The van der Waals surface area contributed by atoms with Crippen molar-refractivity contribution in [1.82, 2.24) is 14.5 Å². The van der Waals surface area contributed by atoms with Gasteiger partial charge in [-0.05, 0) is 37.6 Å². The molecule has 1 aromatic carbocycles. The molecule has 2 heterocycles. The fourth-order valence-corrected chi connectivity index (χ4v) is 2.79. The van der Waals surface area contributed by atoms with Gasteiger partial charge in [0.05, 0.1) is 14.2 Å². The summed E-state index contributed by atoms with van der Waals surface area (Å²) < 4.78 is 12.2. The van der Waals surface area contributed by atoms with Gasteiger partial charge in [0.2, 0.25) is 5.95 Å². The van der Waals surface area contributed by atoms with Gasteiger partial charge in [-0.1, -0.05) is 6.07 Å². The van der Waals surface area contributed by atoms with Crippen LogP contribution in [-0.4, -0.2) is 28.8 Å². The minimum atomic E-state index is -0.0722. The molecule has 0 aliphatic rings. The van der Waals surface area contributed by atoms with Crippen LogP contribution in [0.3, 0.4) is 0 Å². The number of benzene rings is 1. The third-order valence-electron chi connectivity index (χ3n) is 4.08. The second-order valence-electron chi connectivity index (χ2n) is 6.15. The molecule has 0 amide bonds. The van der Waals surface area contributed by atoms with Gasteiger partial charge in [0.25, 0.3) is 5.56 Å². The van der Waals surface area contributed by atoms with Crippen molar-refractivity contribution in [2.45, 2.75) is 26.4 Å². The number of fused-ring (bicyclic) bond motifs is 1. The van der Waals surface area contributed by atoms with Gasteiger partial charge in [-0.3, -0.25) is 9.36 Å². The van der Waals surface area contributed by atoms with Crippen molar-refractivity contribution in [3.05, 3.63) is 52.4 Å². The van der Waals surface area contributed by atoms with Gasteiger partial charge >= 0.3 is 0 Å². The summed E-state index contributed by atoms with van der Waals surface area (Å²) in [5.74, 6) is 1.81. The van der Waals surface area contributed by atoms with Gasteiger partial charge in [0, 0.05) is 30.2 Å². The first kappa shape index (κ1) is 17.7. The average molecular weight is 354 g/mol. The van der Waals surface area contributed by atoms with Crippen LogP contribution in [0.5, 0.6) is 11.5 Å². The van der Waals surface area contributed by atoms with E-state index in [1.54, 1.807) is 37.1 Å². The Morgan fingerprint density at radius 2 is 1.88 bits per heavy atom. The first-order valence-corrected chi connectivity index (χ1v) is 8.36. The molecular weight excluding hydrogens is 332 g/mol. The number of hydrogen-bond donors (Lipinski definition) is 1. The van der Waals surface area contributed by atoms with Crippen molar-refractivity contribution in [1.29, 1.82) is 0 Å². The van der Waals surface area contributed by atoms with Crippen LogP contribution in [0.15, 0.2) is 41.3 Å². The molecule has 0 fully saturated rings. The lowest BCUT2D eigenvalue weighted by Gasteiger charge is -2.14. The highest BCUT2D eigenvalue weighted by molar-refractivity contribution is 5.75. The van der Waals surface area contributed by atoms with Crippen molar-refractivity contribution in [2.24, 2.45) is 0 Å². The molecule has 0 unspecified atom stereocenters. The molecule has 7 heteroatoms. The molecule has 0 aliphatic carbocycles. The maximum atomic E-state index is 12.2. The lowest BCUT2D eigenvalue weighted by atomic mass is 10.2. The van der Waals surface area contributed by atoms with Crippen LogP contribution < -0.4 is 20.3 Å². The second-order valence-corrected chi connectivity index (χ2v) is 6.15. The second kappa shape index (κ2) is 7.43. The van der Waals surface area contributed by atoms with Crippen LogP contribution in [0.1, 0.15) is 25.5 Å². The first-order valence-electron chi connectivity index (χ1n) is 8.36. The summed E-state index contributed by atoms with van der Waals surface area (Å²) in [4.78, 5) is 21.0. The Kier molecular flexibility index (Phi) is 5.06. The molecule has 0 saturated carbocycles. The molecule has 26 heavy (non-hydrogen) atoms. The van der Waals surface area contributed by atoms with E-state index in [0.29, 0.717) is 29.6 Å². The highest BCUT2D eigenvalue weighted by Crippen LogP contribution is 2.27. The Hall–Kier alpha value is -3.09. The molecule has 3 rings (SSSR count). The summed E-state index contributed by atoms with van der Waals surface area (Å²) in [6.45, 7) is 4.43. The Bertz CT molecular complexity index is 982. The van der Waals surface area contributed by atoms with E-state index in [2.05, 4.69) is 15.3 Å². The number of aromatic nitrogens is 3. The molecule has 1 N–H and O–H groups in total. The smallest absolute Gasteiger partial charge is 0.252 e. The Morgan fingerprint density at radius 3 is 2.58 bits per heavy atom. The molecule has 7 nitrogen and oxygen atoms in total. The fourth-order valence-electron chi connectivity index (χ4n) is 2.79. The fraction of sp³-hybridized carbons (Fsp3) is 0.316. The minimum Gasteiger partial charge on any atom is -0.493 e. The molecule has 0 saturated heterocycles. The summed E-state index contributed by atoms with van der Waals surface area (Å²) in [6.07, 6.45) is 1.72. The van der Waals surface area contributed by atoms with E-state index >= 15 is 0 Å². The predicted octanol–water partition coefficient (Wildman–Crippen LogP) is 3.00. The first-order chi connectivity index (χ1) is 12.5. The predicted molar refractivity (Wildman–Crippen MR) is 101 cm³/mol. The number of hydrogen-bond acceptors (Lipinski definition) is 6. The summed E-state index contributed by atoms with van der Waals surface area (Å²) in [5, 5.41) is 4.02. The van der Waals surface area contributed by atoms with Crippen LogP contribution in [-0.2, 0) is 6.54 Å². The minimum absolute atomic E-state index is 0.0137. The third-order valence-corrected chi connectivity index (χ3v) is 4.08. The Morgan fingerprint density at radius 1 is 1.12 bits per heavy atom. The van der Waals surface area contributed by atoms with E-state index in [1.165, 1.54) is 0 Å². The van der Waals surface area contributed by atoms with Gasteiger partial charge < -0.3 is 14.8 Å². The zero-order valence-corrected chi connectivity index (χ0v) is 15.3. The van der Waals surface area contributed by atoms with Gasteiger partial charge in [-0.2, -0.15) is 4.98 Å². The molecule has 0 spiro atoms. The van der Waals surface area contributed by atoms with Crippen LogP contribution in [0.25, 0.3) is 11.0 Å². The van der Waals surface area contributed by atoms with E-state index in [9.17, 15) is 4.79 Å². The summed E-state index contributed by atoms with van der Waals surface area (Å²) in [6, 6.07) is 9.00. The van der Waals surface area contributed by atoms with Crippen LogP contribution in [0.2, 0.25) is 0 Å². The molecule has 0 aliphatic heterocycles. The summed E-state index contributed by atoms with van der Waals surface area (Å²) >= 11 is 0. The normalized spacial score (nSPS) is 11.0. The van der Waals surface area contributed by atoms with Crippen LogP contribution in [0, 0.1) is 0 Å². The van der Waals surface area contributed by atoms with Gasteiger partial charge in [-0.15, -0.1) is 0 Å². The van der Waals surface area contributed by atoms with Crippen LogP contribution >= 0.6 is 0 Å².